The fourth-order valence-corrected chi connectivity index (χ4v) is 2.68. The third-order valence-electron chi connectivity index (χ3n) is 3.66. The summed E-state index contributed by atoms with van der Waals surface area (Å²) < 4.78 is 0. The highest BCUT2D eigenvalue weighted by molar-refractivity contribution is 5.90. The minimum Gasteiger partial charge on any atom is -0.342 e. The molecule has 1 aromatic heterocycles. The molecule has 5 heteroatoms. The predicted octanol–water partition coefficient (Wildman–Crippen LogP) is 2.17. The quantitative estimate of drug-likeness (QED) is 0.894. The van der Waals surface area contributed by atoms with Crippen molar-refractivity contribution in [1.29, 1.82) is 0 Å². The largest absolute Gasteiger partial charge is 0.342 e. The molecule has 0 fully saturated rings. The number of fused-ring (bicyclic) bond motifs is 1. The molecule has 0 radical (unpaired) electrons. The van der Waals surface area contributed by atoms with Gasteiger partial charge in [0.2, 0.25) is 5.82 Å². The van der Waals surface area contributed by atoms with Crippen LogP contribution in [-0.4, -0.2) is 21.1 Å². The Morgan fingerprint density at radius 1 is 1.45 bits per heavy atom. The molecule has 5 nitrogen and oxygen atoms in total. The number of carbonyl (C=O) groups excluding carboxylic acids is 1. The third kappa shape index (κ3) is 2.43. The van der Waals surface area contributed by atoms with Gasteiger partial charge in [-0.05, 0) is 30.4 Å². The number of nitrogens with zero attached hydrogens (tertiary/aromatic N) is 2. The molecule has 0 saturated heterocycles. The van der Waals surface area contributed by atoms with Crippen LogP contribution in [0.2, 0.25) is 0 Å². The van der Waals surface area contributed by atoms with Crippen LogP contribution in [0.4, 0.5) is 0 Å². The van der Waals surface area contributed by atoms with Gasteiger partial charge in [-0.1, -0.05) is 31.2 Å². The van der Waals surface area contributed by atoms with Crippen molar-refractivity contribution >= 4 is 5.91 Å². The van der Waals surface area contributed by atoms with Crippen LogP contribution in [0.5, 0.6) is 0 Å². The normalized spacial score (nSPS) is 16.9. The smallest absolute Gasteiger partial charge is 0.291 e. The van der Waals surface area contributed by atoms with E-state index in [2.05, 4.69) is 39.6 Å². The van der Waals surface area contributed by atoms with E-state index in [9.17, 15) is 4.79 Å². The van der Waals surface area contributed by atoms with E-state index in [1.165, 1.54) is 11.1 Å². The van der Waals surface area contributed by atoms with Crippen LogP contribution < -0.4 is 5.32 Å². The molecular weight excluding hydrogens is 252 g/mol. The minimum absolute atomic E-state index is 0.0758. The van der Waals surface area contributed by atoms with Crippen LogP contribution in [0.3, 0.4) is 0 Å². The van der Waals surface area contributed by atoms with E-state index in [0.717, 1.165) is 31.5 Å². The van der Waals surface area contributed by atoms with Crippen LogP contribution in [0.15, 0.2) is 24.3 Å². The summed E-state index contributed by atoms with van der Waals surface area (Å²) in [6.07, 6.45) is 3.74. The molecule has 0 spiro atoms. The molecule has 2 N–H and O–H groups in total. The number of aryl methyl sites for hydroxylation is 2. The van der Waals surface area contributed by atoms with Gasteiger partial charge in [-0.2, -0.15) is 0 Å². The molecule has 1 heterocycles. The highest BCUT2D eigenvalue weighted by Crippen LogP contribution is 2.30. The lowest BCUT2D eigenvalue weighted by Gasteiger charge is -2.12. The molecule has 1 aromatic carbocycles. The lowest BCUT2D eigenvalue weighted by atomic mass is 10.1. The first kappa shape index (κ1) is 12.8. The summed E-state index contributed by atoms with van der Waals surface area (Å²) in [6, 6.07) is 8.32. The molecule has 0 aliphatic heterocycles. The molecule has 3 rings (SSSR count). The Bertz CT molecular complexity index is 620. The number of hydrogen-bond acceptors (Lipinski definition) is 3. The number of rotatable bonds is 4. The van der Waals surface area contributed by atoms with Crippen molar-refractivity contribution in [3.05, 3.63) is 47.0 Å². The fourth-order valence-electron chi connectivity index (χ4n) is 2.68. The minimum atomic E-state index is -0.203. The summed E-state index contributed by atoms with van der Waals surface area (Å²) in [4.78, 5) is 16.4. The number of hydrogen-bond donors (Lipinski definition) is 2. The van der Waals surface area contributed by atoms with E-state index in [0.29, 0.717) is 0 Å². The maximum atomic E-state index is 12.2. The Labute approximate surface area is 117 Å². The average molecular weight is 270 g/mol. The van der Waals surface area contributed by atoms with Gasteiger partial charge in [0.15, 0.2) is 0 Å². The Morgan fingerprint density at radius 3 is 3.15 bits per heavy atom. The number of benzene rings is 1. The summed E-state index contributed by atoms with van der Waals surface area (Å²) in [6.45, 7) is 2.07. The maximum absolute atomic E-state index is 12.2. The Kier molecular flexibility index (Phi) is 3.50. The van der Waals surface area contributed by atoms with Crippen LogP contribution in [0.25, 0.3) is 0 Å². The summed E-state index contributed by atoms with van der Waals surface area (Å²) in [5, 5.41) is 9.82. The molecule has 1 aliphatic rings. The van der Waals surface area contributed by atoms with E-state index >= 15 is 0 Å². The third-order valence-corrected chi connectivity index (χ3v) is 3.66. The average Bonchev–Trinajstić information content (AvgIpc) is 3.07. The zero-order chi connectivity index (χ0) is 13.9. The van der Waals surface area contributed by atoms with E-state index < -0.39 is 0 Å². The van der Waals surface area contributed by atoms with Crippen molar-refractivity contribution in [1.82, 2.24) is 20.5 Å². The number of aromatic amines is 1. The second kappa shape index (κ2) is 5.45. The number of amides is 1. The van der Waals surface area contributed by atoms with E-state index in [1.807, 2.05) is 12.1 Å². The van der Waals surface area contributed by atoms with Gasteiger partial charge < -0.3 is 5.32 Å². The van der Waals surface area contributed by atoms with Crippen LogP contribution in [0.1, 0.15) is 53.4 Å². The second-order valence-corrected chi connectivity index (χ2v) is 5.12. The van der Waals surface area contributed by atoms with E-state index in [1.54, 1.807) is 0 Å². The molecule has 2 aromatic rings. The monoisotopic (exact) mass is 270 g/mol. The second-order valence-electron chi connectivity index (χ2n) is 5.12. The van der Waals surface area contributed by atoms with Crippen LogP contribution in [0, 0.1) is 0 Å². The van der Waals surface area contributed by atoms with Crippen molar-refractivity contribution in [3.63, 3.8) is 0 Å². The summed E-state index contributed by atoms with van der Waals surface area (Å²) in [5.74, 6) is 0.799. The SMILES string of the molecule is CCCc1nc(C(=O)NC2CCc3ccccc32)n[nH]1. The van der Waals surface area contributed by atoms with Gasteiger partial charge in [0.05, 0.1) is 6.04 Å². The van der Waals surface area contributed by atoms with E-state index in [4.69, 9.17) is 0 Å². The standard InChI is InChI=1S/C15H18N4O/c1-2-5-13-17-14(19-18-13)15(20)16-12-9-8-10-6-3-4-7-11(10)12/h3-4,6-7,12H,2,5,8-9H2,1H3,(H,16,20)(H,17,18,19). The Balaban J connectivity index is 1.70. The van der Waals surface area contributed by atoms with Gasteiger partial charge in [0.25, 0.3) is 5.91 Å². The molecule has 1 aliphatic carbocycles. The number of H-pyrrole nitrogens is 1. The molecule has 20 heavy (non-hydrogen) atoms. The van der Waals surface area contributed by atoms with Gasteiger partial charge in [-0.3, -0.25) is 9.89 Å². The highest BCUT2D eigenvalue weighted by atomic mass is 16.2. The molecule has 1 atom stereocenters. The summed E-state index contributed by atoms with van der Waals surface area (Å²) in [5.41, 5.74) is 2.53. The fraction of sp³-hybridized carbons (Fsp3) is 0.400. The maximum Gasteiger partial charge on any atom is 0.291 e. The lowest BCUT2D eigenvalue weighted by molar-refractivity contribution is 0.0926. The summed E-state index contributed by atoms with van der Waals surface area (Å²) >= 11 is 0. The van der Waals surface area contributed by atoms with Gasteiger partial charge in [0, 0.05) is 6.42 Å². The zero-order valence-electron chi connectivity index (χ0n) is 11.5. The molecule has 0 saturated carbocycles. The topological polar surface area (TPSA) is 70.7 Å². The highest BCUT2D eigenvalue weighted by Gasteiger charge is 2.25. The predicted molar refractivity (Wildman–Crippen MR) is 75.3 cm³/mol. The lowest BCUT2D eigenvalue weighted by Crippen LogP contribution is -2.28. The van der Waals surface area contributed by atoms with Gasteiger partial charge in [0.1, 0.15) is 5.82 Å². The first-order valence-electron chi connectivity index (χ1n) is 7.08. The van der Waals surface area contributed by atoms with Gasteiger partial charge in [-0.15, -0.1) is 5.10 Å². The van der Waals surface area contributed by atoms with Crippen LogP contribution >= 0.6 is 0 Å². The van der Waals surface area contributed by atoms with Crippen molar-refractivity contribution in [3.8, 4) is 0 Å². The molecule has 104 valence electrons. The zero-order valence-corrected chi connectivity index (χ0v) is 11.5. The van der Waals surface area contributed by atoms with Crippen molar-refractivity contribution in [2.45, 2.75) is 38.6 Å². The van der Waals surface area contributed by atoms with Crippen molar-refractivity contribution < 1.29 is 4.79 Å². The summed E-state index contributed by atoms with van der Waals surface area (Å²) in [7, 11) is 0. The van der Waals surface area contributed by atoms with Gasteiger partial charge >= 0.3 is 0 Å². The number of aromatic nitrogens is 3. The van der Waals surface area contributed by atoms with E-state index in [-0.39, 0.29) is 17.8 Å². The van der Waals surface area contributed by atoms with Crippen molar-refractivity contribution in [2.24, 2.45) is 0 Å². The first-order chi connectivity index (χ1) is 9.78. The van der Waals surface area contributed by atoms with Crippen LogP contribution in [-0.2, 0) is 12.8 Å². The molecule has 1 unspecified atom stereocenters. The molecular formula is C15H18N4O. The van der Waals surface area contributed by atoms with Gasteiger partial charge in [-0.25, -0.2) is 4.98 Å². The first-order valence-corrected chi connectivity index (χ1v) is 7.08. The number of carbonyl (C=O) groups is 1. The molecule has 1 amide bonds. The molecule has 0 bridgehead atoms. The number of nitrogens with one attached hydrogen (secondary N) is 2. The Morgan fingerprint density at radius 2 is 2.30 bits per heavy atom. The Hall–Kier alpha value is -2.17. The van der Waals surface area contributed by atoms with Crippen molar-refractivity contribution in [2.75, 3.05) is 0 Å².